The summed E-state index contributed by atoms with van der Waals surface area (Å²) in [7, 11) is 0. The number of pyridine rings is 1. The van der Waals surface area contributed by atoms with Crippen LogP contribution in [0.15, 0.2) is 24.4 Å². The van der Waals surface area contributed by atoms with E-state index in [2.05, 4.69) is 20.6 Å². The average molecular weight is 396 g/mol. The molecule has 0 bridgehead atoms. The molecule has 0 spiro atoms. The van der Waals surface area contributed by atoms with Gasteiger partial charge in [-0.3, -0.25) is 14.6 Å². The highest BCUT2D eigenvalue weighted by Crippen LogP contribution is 2.23. The van der Waals surface area contributed by atoms with Crippen LogP contribution in [0.1, 0.15) is 83.9 Å². The van der Waals surface area contributed by atoms with Gasteiger partial charge < -0.3 is 15.2 Å². The Morgan fingerprint density at radius 1 is 1.03 bits per heavy atom. The van der Waals surface area contributed by atoms with Crippen LogP contribution in [0.3, 0.4) is 0 Å². The molecule has 154 valence electrons. The maximum Gasteiger partial charge on any atom is 0.287 e. The third-order valence-electron chi connectivity index (χ3n) is 5.88. The molecule has 0 saturated heterocycles. The van der Waals surface area contributed by atoms with Crippen molar-refractivity contribution in [3.8, 4) is 0 Å². The van der Waals surface area contributed by atoms with Crippen molar-refractivity contribution < 1.29 is 9.59 Å². The van der Waals surface area contributed by atoms with Crippen molar-refractivity contribution >= 4 is 11.8 Å². The highest BCUT2D eigenvalue weighted by atomic mass is 16.2. The average Bonchev–Trinajstić information content (AvgIpc) is 2.96. The Morgan fingerprint density at radius 3 is 2.62 bits per heavy atom. The van der Waals surface area contributed by atoms with Crippen molar-refractivity contribution in [3.63, 3.8) is 0 Å². The SMILES string of the molecule is O=C(NC1CCCCCC1)c1nc(C(=O)NCc2ccccn2)n2c1CCCC2. The largest absolute Gasteiger partial charge is 0.348 e. The van der Waals surface area contributed by atoms with Crippen LogP contribution < -0.4 is 10.6 Å². The van der Waals surface area contributed by atoms with Gasteiger partial charge in [-0.15, -0.1) is 0 Å². The maximum absolute atomic E-state index is 13.0. The fourth-order valence-corrected chi connectivity index (χ4v) is 4.33. The molecular formula is C22H29N5O2. The second-order valence-electron chi connectivity index (χ2n) is 8.01. The third-order valence-corrected chi connectivity index (χ3v) is 5.88. The summed E-state index contributed by atoms with van der Waals surface area (Å²) in [5, 5.41) is 6.07. The van der Waals surface area contributed by atoms with Crippen LogP contribution in [0.4, 0.5) is 0 Å². The molecule has 0 atom stereocenters. The molecule has 3 heterocycles. The lowest BCUT2D eigenvalue weighted by molar-refractivity contribution is 0.0927. The van der Waals surface area contributed by atoms with Gasteiger partial charge in [0.25, 0.3) is 11.8 Å². The predicted molar refractivity (Wildman–Crippen MR) is 110 cm³/mol. The van der Waals surface area contributed by atoms with Crippen LogP contribution in [0.25, 0.3) is 0 Å². The molecule has 0 unspecified atom stereocenters. The molecule has 1 aliphatic carbocycles. The summed E-state index contributed by atoms with van der Waals surface area (Å²) in [5.74, 6) is -0.0553. The van der Waals surface area contributed by atoms with Crippen molar-refractivity contribution in [2.75, 3.05) is 0 Å². The standard InChI is InChI=1S/C22H29N5O2/c28-21(25-16-9-3-1-2-4-10-16)19-18-12-6-8-14-27(18)20(26-19)22(29)24-15-17-11-5-7-13-23-17/h5,7,11,13,16H,1-4,6,8-10,12,14-15H2,(H,24,29)(H,25,28). The van der Waals surface area contributed by atoms with Gasteiger partial charge in [-0.25, -0.2) is 4.98 Å². The molecule has 1 fully saturated rings. The summed E-state index contributed by atoms with van der Waals surface area (Å²) in [6.45, 7) is 1.07. The summed E-state index contributed by atoms with van der Waals surface area (Å²) >= 11 is 0. The topological polar surface area (TPSA) is 88.9 Å². The van der Waals surface area contributed by atoms with Gasteiger partial charge in [-0.2, -0.15) is 0 Å². The van der Waals surface area contributed by atoms with Crippen LogP contribution in [0, 0.1) is 0 Å². The zero-order valence-corrected chi connectivity index (χ0v) is 16.8. The molecular weight excluding hydrogens is 366 g/mol. The van der Waals surface area contributed by atoms with E-state index >= 15 is 0 Å². The Hall–Kier alpha value is -2.70. The molecule has 1 saturated carbocycles. The first-order chi connectivity index (χ1) is 14.2. The highest BCUT2D eigenvalue weighted by molar-refractivity contribution is 5.97. The number of nitrogens with one attached hydrogen (secondary N) is 2. The van der Waals surface area contributed by atoms with E-state index in [1.165, 1.54) is 12.8 Å². The minimum Gasteiger partial charge on any atom is -0.348 e. The van der Waals surface area contributed by atoms with Crippen LogP contribution in [-0.2, 0) is 19.5 Å². The number of nitrogens with zero attached hydrogens (tertiary/aromatic N) is 3. The molecule has 0 aromatic carbocycles. The molecule has 2 aromatic rings. The molecule has 2 aromatic heterocycles. The normalized spacial score (nSPS) is 17.2. The Morgan fingerprint density at radius 2 is 1.86 bits per heavy atom. The summed E-state index contributed by atoms with van der Waals surface area (Å²) < 4.78 is 1.93. The Kier molecular flexibility index (Phi) is 6.22. The first-order valence-electron chi connectivity index (χ1n) is 10.8. The molecule has 29 heavy (non-hydrogen) atoms. The zero-order chi connectivity index (χ0) is 20.1. The van der Waals surface area contributed by atoms with Gasteiger partial charge in [0.05, 0.1) is 17.9 Å². The van der Waals surface area contributed by atoms with Gasteiger partial charge in [0.2, 0.25) is 0 Å². The molecule has 1 aliphatic heterocycles. The molecule has 2 N–H and O–H groups in total. The fraction of sp³-hybridized carbons (Fsp3) is 0.545. The molecule has 7 heteroatoms. The smallest absolute Gasteiger partial charge is 0.287 e. The van der Waals surface area contributed by atoms with Crippen LogP contribution >= 0.6 is 0 Å². The Labute approximate surface area is 171 Å². The lowest BCUT2D eigenvalue weighted by Crippen LogP contribution is -2.35. The summed E-state index contributed by atoms with van der Waals surface area (Å²) in [4.78, 5) is 34.5. The minimum absolute atomic E-state index is 0.133. The van der Waals surface area contributed by atoms with E-state index in [0.717, 1.165) is 62.9 Å². The Balaban J connectivity index is 1.50. The van der Waals surface area contributed by atoms with Crippen LogP contribution in [-0.4, -0.2) is 32.4 Å². The number of hydrogen-bond acceptors (Lipinski definition) is 4. The molecule has 4 rings (SSSR count). The van der Waals surface area contributed by atoms with Crippen molar-refractivity contribution in [3.05, 3.63) is 47.3 Å². The number of carbonyl (C=O) groups is 2. The lowest BCUT2D eigenvalue weighted by Gasteiger charge is -2.18. The fourth-order valence-electron chi connectivity index (χ4n) is 4.33. The number of fused-ring (bicyclic) bond motifs is 1. The van der Waals surface area contributed by atoms with E-state index in [0.29, 0.717) is 18.1 Å². The summed E-state index contributed by atoms with van der Waals surface area (Å²) in [5.41, 5.74) is 2.11. The number of rotatable bonds is 5. The summed E-state index contributed by atoms with van der Waals surface area (Å²) in [6.07, 6.45) is 11.4. The highest BCUT2D eigenvalue weighted by Gasteiger charge is 2.28. The zero-order valence-electron chi connectivity index (χ0n) is 16.8. The van der Waals surface area contributed by atoms with E-state index in [4.69, 9.17) is 0 Å². The van der Waals surface area contributed by atoms with Crippen LogP contribution in [0.2, 0.25) is 0 Å². The van der Waals surface area contributed by atoms with Crippen LogP contribution in [0.5, 0.6) is 0 Å². The van der Waals surface area contributed by atoms with Crippen molar-refractivity contribution in [1.82, 2.24) is 25.2 Å². The van der Waals surface area contributed by atoms with E-state index in [-0.39, 0.29) is 17.9 Å². The van der Waals surface area contributed by atoms with Gasteiger partial charge in [-0.05, 0) is 44.2 Å². The van der Waals surface area contributed by atoms with Crippen molar-refractivity contribution in [1.29, 1.82) is 0 Å². The minimum atomic E-state index is -0.257. The monoisotopic (exact) mass is 395 g/mol. The number of aromatic nitrogens is 3. The second kappa shape index (κ2) is 9.20. The van der Waals surface area contributed by atoms with E-state index < -0.39 is 0 Å². The third kappa shape index (κ3) is 4.66. The molecule has 2 aliphatic rings. The van der Waals surface area contributed by atoms with Gasteiger partial charge in [0.1, 0.15) is 5.69 Å². The van der Waals surface area contributed by atoms with Crippen molar-refractivity contribution in [2.24, 2.45) is 0 Å². The maximum atomic E-state index is 13.0. The van der Waals surface area contributed by atoms with Crippen molar-refractivity contribution in [2.45, 2.75) is 76.9 Å². The predicted octanol–water partition coefficient (Wildman–Crippen LogP) is 3.00. The number of hydrogen-bond donors (Lipinski definition) is 2. The first-order valence-corrected chi connectivity index (χ1v) is 10.8. The van der Waals surface area contributed by atoms with Gasteiger partial charge in [0, 0.05) is 18.8 Å². The van der Waals surface area contributed by atoms with Gasteiger partial charge >= 0.3 is 0 Å². The second-order valence-corrected chi connectivity index (χ2v) is 8.01. The number of carbonyl (C=O) groups excluding carboxylic acids is 2. The summed E-state index contributed by atoms with van der Waals surface area (Å²) in [6, 6.07) is 5.82. The van der Waals surface area contributed by atoms with E-state index in [9.17, 15) is 9.59 Å². The van der Waals surface area contributed by atoms with Gasteiger partial charge in [-0.1, -0.05) is 31.7 Å². The molecule has 2 amide bonds. The quantitative estimate of drug-likeness (QED) is 0.762. The van der Waals surface area contributed by atoms with E-state index in [1.54, 1.807) is 6.20 Å². The molecule has 7 nitrogen and oxygen atoms in total. The number of imidazole rings is 1. The molecule has 0 radical (unpaired) electrons. The van der Waals surface area contributed by atoms with Gasteiger partial charge in [0.15, 0.2) is 5.82 Å². The van der Waals surface area contributed by atoms with E-state index in [1.807, 2.05) is 22.8 Å². The number of amides is 2. The Bertz CT molecular complexity index is 854. The lowest BCUT2D eigenvalue weighted by atomic mass is 10.1. The first kappa shape index (κ1) is 19.6.